The molecule has 0 aliphatic rings. The Morgan fingerprint density at radius 1 is 1.03 bits per heavy atom. The second kappa shape index (κ2) is 12.2. The fourth-order valence-corrected chi connectivity index (χ4v) is 2.73. The Bertz CT molecular complexity index is 779. The molecule has 29 heavy (non-hydrogen) atoms. The van der Waals surface area contributed by atoms with Gasteiger partial charge in [0.05, 0.1) is 11.5 Å². The van der Waals surface area contributed by atoms with Crippen LogP contribution in [0.3, 0.4) is 0 Å². The number of hydrogen-bond donors (Lipinski definition) is 1. The van der Waals surface area contributed by atoms with Crippen LogP contribution >= 0.6 is 12.2 Å². The molecular formula is C22H28N2O4S. The molecule has 0 radical (unpaired) electrons. The Labute approximate surface area is 177 Å². The Hall–Kier alpha value is -2.48. The molecule has 0 aromatic heterocycles. The molecule has 0 aliphatic heterocycles. The monoisotopic (exact) mass is 416 g/mol. The van der Waals surface area contributed by atoms with Gasteiger partial charge in [-0.25, -0.2) is 4.79 Å². The number of hydrogen-bond acceptors (Lipinski definition) is 5. The van der Waals surface area contributed by atoms with Crippen molar-refractivity contribution < 1.29 is 19.0 Å². The summed E-state index contributed by atoms with van der Waals surface area (Å²) in [7, 11) is 0. The normalized spacial score (nSPS) is 10.6. The predicted octanol–water partition coefficient (Wildman–Crippen LogP) is 5.24. The van der Waals surface area contributed by atoms with Gasteiger partial charge in [-0.15, -0.1) is 0 Å². The molecule has 6 nitrogen and oxygen atoms in total. The first-order chi connectivity index (χ1) is 14.1. The largest absolute Gasteiger partial charge is 0.419 e. The van der Waals surface area contributed by atoms with Crippen LogP contribution in [0.15, 0.2) is 54.6 Å². The van der Waals surface area contributed by atoms with E-state index in [9.17, 15) is 4.79 Å². The number of rotatable bonds is 10. The molecule has 0 fully saturated rings. The highest BCUT2D eigenvalue weighted by Gasteiger charge is 2.23. The van der Waals surface area contributed by atoms with Gasteiger partial charge in [-0.1, -0.05) is 43.4 Å². The molecule has 2 rings (SSSR count). The maximum atomic E-state index is 13.0. The Balaban J connectivity index is 2.19. The third-order valence-corrected chi connectivity index (χ3v) is 4.36. The lowest BCUT2D eigenvalue weighted by Gasteiger charge is -2.27. The van der Waals surface area contributed by atoms with Crippen molar-refractivity contribution >= 4 is 34.7 Å². The van der Waals surface area contributed by atoms with Crippen LogP contribution in [-0.4, -0.2) is 37.1 Å². The topological polar surface area (TPSA) is 60.0 Å². The predicted molar refractivity (Wildman–Crippen MR) is 120 cm³/mol. The zero-order valence-corrected chi connectivity index (χ0v) is 17.9. The van der Waals surface area contributed by atoms with Gasteiger partial charge in [0.25, 0.3) is 0 Å². The molecule has 0 atom stereocenters. The fourth-order valence-electron chi connectivity index (χ4n) is 2.61. The molecule has 0 heterocycles. The second-order valence-electron chi connectivity index (χ2n) is 6.08. The first-order valence-electron chi connectivity index (χ1n) is 9.74. The van der Waals surface area contributed by atoms with Gasteiger partial charge in [-0.2, -0.15) is 0 Å². The lowest BCUT2D eigenvalue weighted by molar-refractivity contribution is -0.128. The number of nitrogens with one attached hydrogen (secondary N) is 1. The van der Waals surface area contributed by atoms with Crippen LogP contribution in [0.5, 0.6) is 5.75 Å². The third-order valence-electron chi connectivity index (χ3n) is 3.97. The first kappa shape index (κ1) is 22.8. The maximum Gasteiger partial charge on any atom is 0.419 e. The van der Waals surface area contributed by atoms with Gasteiger partial charge in [0.1, 0.15) is 5.75 Å². The molecule has 156 valence electrons. The first-order valence-corrected chi connectivity index (χ1v) is 10.2. The van der Waals surface area contributed by atoms with Gasteiger partial charge in [0.2, 0.25) is 0 Å². The summed E-state index contributed by atoms with van der Waals surface area (Å²) in [6.07, 6.45) is -0.333. The average molecular weight is 417 g/mol. The number of thiocarbonyl (C=S) groups is 1. The quantitative estimate of drug-likeness (QED) is 0.422. The van der Waals surface area contributed by atoms with Crippen molar-refractivity contribution in [2.24, 2.45) is 0 Å². The summed E-state index contributed by atoms with van der Waals surface area (Å²) in [6.45, 7) is 6.92. The smallest absolute Gasteiger partial charge is 0.410 e. The highest BCUT2D eigenvalue weighted by atomic mass is 32.1. The van der Waals surface area contributed by atoms with E-state index in [4.69, 9.17) is 26.4 Å². The van der Waals surface area contributed by atoms with Crippen molar-refractivity contribution in [2.45, 2.75) is 33.5 Å². The van der Waals surface area contributed by atoms with Crippen LogP contribution in [0.2, 0.25) is 0 Å². The minimum atomic E-state index is -0.548. The minimum absolute atomic E-state index is 0.211. The highest BCUT2D eigenvalue weighted by Crippen LogP contribution is 2.21. The van der Waals surface area contributed by atoms with Crippen LogP contribution in [-0.2, 0) is 9.47 Å². The molecule has 0 unspecified atom stereocenters. The Kier molecular flexibility index (Phi) is 9.56. The van der Waals surface area contributed by atoms with Crippen LogP contribution in [0.4, 0.5) is 16.2 Å². The number of carbonyl (C=O) groups is 1. The molecular weight excluding hydrogens is 388 g/mol. The van der Waals surface area contributed by atoms with E-state index in [0.717, 1.165) is 17.1 Å². The third kappa shape index (κ3) is 7.45. The lowest BCUT2D eigenvalue weighted by Crippen LogP contribution is -2.41. The lowest BCUT2D eigenvalue weighted by atomic mass is 10.3. The molecule has 0 spiro atoms. The molecule has 0 bridgehead atoms. The number of benzene rings is 2. The van der Waals surface area contributed by atoms with Crippen molar-refractivity contribution in [2.75, 3.05) is 30.0 Å². The van der Waals surface area contributed by atoms with E-state index in [1.54, 1.807) is 18.2 Å². The van der Waals surface area contributed by atoms with E-state index in [-0.39, 0.29) is 6.54 Å². The second-order valence-corrected chi connectivity index (χ2v) is 6.58. The summed E-state index contributed by atoms with van der Waals surface area (Å²) in [5.74, 6) is 0.421. The summed E-state index contributed by atoms with van der Waals surface area (Å²) in [5, 5.41) is 3.12. The van der Waals surface area contributed by atoms with Gasteiger partial charge in [-0.05, 0) is 44.5 Å². The summed E-state index contributed by atoms with van der Waals surface area (Å²) in [6, 6.07) is 16.4. The zero-order chi connectivity index (χ0) is 21.1. The number of amides is 1. The molecule has 0 saturated carbocycles. The molecule has 2 aromatic rings. The van der Waals surface area contributed by atoms with Crippen molar-refractivity contribution in [3.8, 4) is 5.75 Å². The summed E-state index contributed by atoms with van der Waals surface area (Å²) >= 11 is 5.22. The average Bonchev–Trinajstić information content (AvgIpc) is 2.73. The Morgan fingerprint density at radius 2 is 1.72 bits per heavy atom. The number of nitrogens with zero attached hydrogens (tertiary/aromatic N) is 1. The van der Waals surface area contributed by atoms with E-state index in [1.807, 2.05) is 57.2 Å². The maximum absolute atomic E-state index is 13.0. The molecule has 7 heteroatoms. The van der Waals surface area contributed by atoms with Crippen LogP contribution in [0, 0.1) is 0 Å². The molecule has 2 aromatic carbocycles. The molecule has 0 saturated heterocycles. The summed E-state index contributed by atoms with van der Waals surface area (Å²) < 4.78 is 16.9. The van der Waals surface area contributed by atoms with E-state index in [1.165, 1.54) is 4.90 Å². The number of anilines is 2. The Morgan fingerprint density at radius 3 is 2.34 bits per heavy atom. The minimum Gasteiger partial charge on any atom is -0.410 e. The van der Waals surface area contributed by atoms with Crippen molar-refractivity contribution in [3.63, 3.8) is 0 Å². The van der Waals surface area contributed by atoms with E-state index >= 15 is 0 Å². The van der Waals surface area contributed by atoms with Gasteiger partial charge in [0.15, 0.2) is 6.29 Å². The summed E-state index contributed by atoms with van der Waals surface area (Å²) in [4.78, 5) is 15.2. The van der Waals surface area contributed by atoms with Gasteiger partial charge in [0, 0.05) is 30.7 Å². The fraction of sp³-hybridized carbons (Fsp3) is 0.364. The molecule has 0 aliphatic carbocycles. The van der Waals surface area contributed by atoms with Crippen molar-refractivity contribution in [1.82, 2.24) is 0 Å². The SMILES string of the molecule is CCOC(CN(C(=O)Oc1cccc(NC(=S)CC)c1)c1ccccc1)OCC. The van der Waals surface area contributed by atoms with Crippen LogP contribution < -0.4 is 15.0 Å². The van der Waals surface area contributed by atoms with Gasteiger partial charge in [-0.3, -0.25) is 4.90 Å². The molecule has 1 amide bonds. The van der Waals surface area contributed by atoms with Gasteiger partial charge < -0.3 is 19.5 Å². The highest BCUT2D eigenvalue weighted by molar-refractivity contribution is 7.80. The molecule has 1 N–H and O–H groups in total. The number of ether oxygens (including phenoxy) is 3. The standard InChI is InChI=1S/C22H28N2O4S/c1-4-20(29)23-17-11-10-14-19(15-17)28-22(25)24(18-12-8-7-9-13-18)16-21(26-5-2)27-6-3/h7-15,21H,4-6,16H2,1-3H3,(H,23,29). The van der Waals surface area contributed by atoms with Crippen molar-refractivity contribution in [1.29, 1.82) is 0 Å². The van der Waals surface area contributed by atoms with Crippen LogP contribution in [0.25, 0.3) is 0 Å². The van der Waals surface area contributed by atoms with Crippen molar-refractivity contribution in [3.05, 3.63) is 54.6 Å². The van der Waals surface area contributed by atoms with E-state index < -0.39 is 12.4 Å². The summed E-state index contributed by atoms with van der Waals surface area (Å²) in [5.41, 5.74) is 1.47. The zero-order valence-electron chi connectivity index (χ0n) is 17.1. The van der Waals surface area contributed by atoms with E-state index in [0.29, 0.717) is 24.7 Å². The van der Waals surface area contributed by atoms with Gasteiger partial charge >= 0.3 is 6.09 Å². The number of carbonyl (C=O) groups excluding carboxylic acids is 1. The number of para-hydroxylation sites is 1. The van der Waals surface area contributed by atoms with E-state index in [2.05, 4.69) is 5.32 Å². The van der Waals surface area contributed by atoms with Crippen LogP contribution in [0.1, 0.15) is 27.2 Å².